The third-order valence-electron chi connectivity index (χ3n) is 5.04. The van der Waals surface area contributed by atoms with Crippen LogP contribution in [0.15, 0.2) is 48.5 Å². The fourth-order valence-corrected chi connectivity index (χ4v) is 3.66. The molecule has 0 amide bonds. The standard InChI is InChI=1S/C22H17F3N4/c1-3-16-13(2)17(12-26)21-28-18-9-4-5-10-19(18)29(21)20(16)27-15-8-6-7-14(11-15)22(23,24)25/h4-11,27H,3H2,1-2H3. The van der Waals surface area contributed by atoms with Crippen LogP contribution < -0.4 is 5.32 Å². The summed E-state index contributed by atoms with van der Waals surface area (Å²) in [5.74, 6) is 0.618. The quantitative estimate of drug-likeness (QED) is 0.464. The molecule has 0 fully saturated rings. The van der Waals surface area contributed by atoms with Crippen LogP contribution in [-0.4, -0.2) is 9.38 Å². The molecule has 0 aliphatic heterocycles. The van der Waals surface area contributed by atoms with E-state index in [1.54, 1.807) is 6.07 Å². The molecule has 0 saturated heterocycles. The maximum atomic E-state index is 13.1. The van der Waals surface area contributed by atoms with Crippen LogP contribution in [0.25, 0.3) is 16.7 Å². The summed E-state index contributed by atoms with van der Waals surface area (Å²) < 4.78 is 41.3. The number of para-hydroxylation sites is 2. The van der Waals surface area contributed by atoms with Crippen LogP contribution in [0.2, 0.25) is 0 Å². The Bertz CT molecular complexity index is 1280. The molecule has 0 aliphatic carbocycles. The van der Waals surface area contributed by atoms with Gasteiger partial charge in [-0.2, -0.15) is 18.4 Å². The van der Waals surface area contributed by atoms with Crippen molar-refractivity contribution >= 4 is 28.2 Å². The van der Waals surface area contributed by atoms with E-state index in [1.165, 1.54) is 6.07 Å². The fourth-order valence-electron chi connectivity index (χ4n) is 3.66. The number of imidazole rings is 1. The molecule has 0 aliphatic rings. The Kier molecular flexibility index (Phi) is 4.42. The number of alkyl halides is 3. The third kappa shape index (κ3) is 3.07. The normalized spacial score (nSPS) is 11.7. The van der Waals surface area contributed by atoms with Gasteiger partial charge in [0.15, 0.2) is 5.65 Å². The highest BCUT2D eigenvalue weighted by Crippen LogP contribution is 2.35. The number of nitriles is 1. The molecule has 4 nitrogen and oxygen atoms in total. The Morgan fingerprint density at radius 1 is 1.14 bits per heavy atom. The lowest BCUT2D eigenvalue weighted by atomic mass is 10.0. The molecule has 1 N–H and O–H groups in total. The van der Waals surface area contributed by atoms with Crippen molar-refractivity contribution in [3.63, 3.8) is 0 Å². The highest BCUT2D eigenvalue weighted by molar-refractivity contribution is 5.87. The molecule has 0 saturated carbocycles. The van der Waals surface area contributed by atoms with Gasteiger partial charge in [0.25, 0.3) is 0 Å². The lowest BCUT2D eigenvalue weighted by Gasteiger charge is -2.18. The molecule has 29 heavy (non-hydrogen) atoms. The number of fused-ring (bicyclic) bond motifs is 3. The second kappa shape index (κ2) is 6.82. The summed E-state index contributed by atoms with van der Waals surface area (Å²) in [5.41, 5.74) is 3.66. The Hall–Kier alpha value is -3.53. The number of aromatic nitrogens is 2. The average Bonchev–Trinajstić information content (AvgIpc) is 3.07. The van der Waals surface area contributed by atoms with Crippen LogP contribution in [0.3, 0.4) is 0 Å². The SMILES string of the molecule is CCc1c(C)c(C#N)c2nc3ccccc3n2c1Nc1cccc(C(F)(F)F)c1. The van der Waals surface area contributed by atoms with Gasteiger partial charge in [-0.1, -0.05) is 25.1 Å². The Morgan fingerprint density at radius 3 is 2.59 bits per heavy atom. The molecule has 0 atom stereocenters. The molecule has 4 rings (SSSR count). The lowest BCUT2D eigenvalue weighted by Crippen LogP contribution is -2.09. The number of nitrogens with zero attached hydrogens (tertiary/aromatic N) is 3. The maximum absolute atomic E-state index is 13.1. The number of nitrogens with one attached hydrogen (secondary N) is 1. The highest BCUT2D eigenvalue weighted by atomic mass is 19.4. The van der Waals surface area contributed by atoms with Gasteiger partial charge >= 0.3 is 6.18 Å². The average molecular weight is 394 g/mol. The Labute approximate surface area is 165 Å². The van der Waals surface area contributed by atoms with Gasteiger partial charge in [0, 0.05) is 5.69 Å². The molecule has 2 aromatic heterocycles. The topological polar surface area (TPSA) is 53.1 Å². The number of rotatable bonds is 3. The van der Waals surface area contributed by atoms with E-state index in [9.17, 15) is 18.4 Å². The molecular weight excluding hydrogens is 377 g/mol. The van der Waals surface area contributed by atoms with Crippen molar-refractivity contribution < 1.29 is 13.2 Å². The van der Waals surface area contributed by atoms with E-state index in [1.807, 2.05) is 42.5 Å². The van der Waals surface area contributed by atoms with Crippen LogP contribution in [-0.2, 0) is 12.6 Å². The molecule has 146 valence electrons. The number of anilines is 2. The molecule has 2 aromatic carbocycles. The highest BCUT2D eigenvalue weighted by Gasteiger charge is 2.30. The molecule has 0 unspecified atom stereocenters. The minimum absolute atomic E-state index is 0.317. The van der Waals surface area contributed by atoms with Crippen molar-refractivity contribution in [1.82, 2.24) is 9.38 Å². The van der Waals surface area contributed by atoms with E-state index in [4.69, 9.17) is 0 Å². The predicted molar refractivity (Wildman–Crippen MR) is 106 cm³/mol. The zero-order chi connectivity index (χ0) is 20.8. The van der Waals surface area contributed by atoms with Gasteiger partial charge in [-0.3, -0.25) is 4.40 Å². The second-order valence-corrected chi connectivity index (χ2v) is 6.76. The number of pyridine rings is 1. The predicted octanol–water partition coefficient (Wildman–Crippen LogP) is 5.99. The molecule has 0 radical (unpaired) electrons. The third-order valence-corrected chi connectivity index (χ3v) is 5.04. The first-order chi connectivity index (χ1) is 13.8. The van der Waals surface area contributed by atoms with Crippen molar-refractivity contribution in [1.29, 1.82) is 5.26 Å². The van der Waals surface area contributed by atoms with Gasteiger partial charge in [0.1, 0.15) is 11.9 Å². The Morgan fingerprint density at radius 2 is 1.90 bits per heavy atom. The van der Waals surface area contributed by atoms with E-state index >= 15 is 0 Å². The van der Waals surface area contributed by atoms with Crippen LogP contribution >= 0.6 is 0 Å². The molecular formula is C22H17F3N4. The summed E-state index contributed by atoms with van der Waals surface area (Å²) >= 11 is 0. The van der Waals surface area contributed by atoms with E-state index in [0.29, 0.717) is 34.7 Å². The molecule has 7 heteroatoms. The fraction of sp³-hybridized carbons (Fsp3) is 0.182. The smallest absolute Gasteiger partial charge is 0.341 e. The molecule has 0 bridgehead atoms. The minimum atomic E-state index is -4.43. The van der Waals surface area contributed by atoms with Gasteiger partial charge in [-0.25, -0.2) is 4.98 Å². The zero-order valence-electron chi connectivity index (χ0n) is 15.8. The van der Waals surface area contributed by atoms with Crippen molar-refractivity contribution in [2.75, 3.05) is 5.32 Å². The first-order valence-corrected chi connectivity index (χ1v) is 9.12. The first-order valence-electron chi connectivity index (χ1n) is 9.12. The van der Waals surface area contributed by atoms with Gasteiger partial charge in [0.05, 0.1) is 22.2 Å². The summed E-state index contributed by atoms with van der Waals surface area (Å²) in [6, 6.07) is 14.8. The summed E-state index contributed by atoms with van der Waals surface area (Å²) in [7, 11) is 0. The molecule has 4 aromatic rings. The number of benzene rings is 2. The van der Waals surface area contributed by atoms with Gasteiger partial charge < -0.3 is 5.32 Å². The zero-order valence-corrected chi connectivity index (χ0v) is 15.8. The number of hydrogen-bond donors (Lipinski definition) is 1. The first kappa shape index (κ1) is 18.8. The van der Waals surface area contributed by atoms with Gasteiger partial charge in [-0.05, 0) is 54.8 Å². The minimum Gasteiger partial charge on any atom is -0.341 e. The largest absolute Gasteiger partial charge is 0.416 e. The van der Waals surface area contributed by atoms with Crippen molar-refractivity contribution in [2.45, 2.75) is 26.4 Å². The van der Waals surface area contributed by atoms with Gasteiger partial charge in [0.2, 0.25) is 0 Å². The summed E-state index contributed by atoms with van der Waals surface area (Å²) in [6.45, 7) is 3.79. The lowest BCUT2D eigenvalue weighted by molar-refractivity contribution is -0.137. The van der Waals surface area contributed by atoms with E-state index in [0.717, 1.165) is 28.8 Å². The summed E-state index contributed by atoms with van der Waals surface area (Å²) in [6.07, 6.45) is -3.83. The van der Waals surface area contributed by atoms with E-state index in [2.05, 4.69) is 16.4 Å². The maximum Gasteiger partial charge on any atom is 0.416 e. The van der Waals surface area contributed by atoms with E-state index < -0.39 is 11.7 Å². The number of hydrogen-bond acceptors (Lipinski definition) is 3. The van der Waals surface area contributed by atoms with Crippen molar-refractivity contribution in [3.8, 4) is 6.07 Å². The van der Waals surface area contributed by atoms with Gasteiger partial charge in [-0.15, -0.1) is 0 Å². The molecule has 0 spiro atoms. The van der Waals surface area contributed by atoms with Crippen molar-refractivity contribution in [2.24, 2.45) is 0 Å². The Balaban J connectivity index is 2.03. The number of halogens is 3. The second-order valence-electron chi connectivity index (χ2n) is 6.76. The van der Waals surface area contributed by atoms with Crippen molar-refractivity contribution in [3.05, 3.63) is 70.8 Å². The van der Waals surface area contributed by atoms with Crippen LogP contribution in [0.1, 0.15) is 29.2 Å². The van der Waals surface area contributed by atoms with Crippen LogP contribution in [0.4, 0.5) is 24.7 Å². The summed E-state index contributed by atoms with van der Waals surface area (Å²) in [5, 5.41) is 12.9. The summed E-state index contributed by atoms with van der Waals surface area (Å²) in [4.78, 5) is 4.60. The van der Waals surface area contributed by atoms with Crippen LogP contribution in [0, 0.1) is 18.3 Å². The van der Waals surface area contributed by atoms with Crippen LogP contribution in [0.5, 0.6) is 0 Å². The molecule has 2 heterocycles. The van der Waals surface area contributed by atoms with E-state index in [-0.39, 0.29) is 0 Å². The monoisotopic (exact) mass is 394 g/mol.